The zero-order valence-corrected chi connectivity index (χ0v) is 15.9. The maximum Gasteiger partial charge on any atom is 0.247 e. The van der Waals surface area contributed by atoms with Crippen LogP contribution in [0.3, 0.4) is 0 Å². The van der Waals surface area contributed by atoms with Crippen molar-refractivity contribution in [3.05, 3.63) is 67.0 Å². The zero-order valence-electron chi connectivity index (χ0n) is 15.1. The van der Waals surface area contributed by atoms with Gasteiger partial charge in [0.25, 0.3) is 0 Å². The van der Waals surface area contributed by atoms with E-state index >= 15 is 0 Å². The SMILES string of the molecule is C=CCOc1ccc(NC(=O)C(C)N(c2ccc(F)cc2)S(C)(=O)=O)cc1. The van der Waals surface area contributed by atoms with Crippen molar-refractivity contribution in [2.45, 2.75) is 13.0 Å². The van der Waals surface area contributed by atoms with Crippen LogP contribution in [0.15, 0.2) is 61.2 Å². The summed E-state index contributed by atoms with van der Waals surface area (Å²) in [4.78, 5) is 12.6. The number of amides is 1. The average Bonchev–Trinajstić information content (AvgIpc) is 2.61. The number of anilines is 2. The summed E-state index contributed by atoms with van der Waals surface area (Å²) in [5, 5.41) is 2.66. The number of halogens is 1. The van der Waals surface area contributed by atoms with Crippen LogP contribution >= 0.6 is 0 Å². The predicted molar refractivity (Wildman–Crippen MR) is 104 cm³/mol. The molecule has 0 radical (unpaired) electrons. The Morgan fingerprint density at radius 3 is 2.33 bits per heavy atom. The Morgan fingerprint density at radius 1 is 1.22 bits per heavy atom. The van der Waals surface area contributed by atoms with Crippen LogP contribution in [0.2, 0.25) is 0 Å². The molecule has 0 saturated carbocycles. The second-order valence-corrected chi connectivity index (χ2v) is 7.68. The highest BCUT2D eigenvalue weighted by Crippen LogP contribution is 2.22. The highest BCUT2D eigenvalue weighted by atomic mass is 32.2. The average molecular weight is 392 g/mol. The van der Waals surface area contributed by atoms with Crippen molar-refractivity contribution >= 4 is 27.3 Å². The first kappa shape index (κ1) is 20.4. The second-order valence-electron chi connectivity index (χ2n) is 5.82. The van der Waals surface area contributed by atoms with E-state index < -0.39 is 27.8 Å². The van der Waals surface area contributed by atoms with Crippen LogP contribution in [-0.2, 0) is 14.8 Å². The fourth-order valence-electron chi connectivity index (χ4n) is 2.43. The maximum absolute atomic E-state index is 13.1. The van der Waals surface area contributed by atoms with Gasteiger partial charge in [-0.3, -0.25) is 9.10 Å². The first-order chi connectivity index (χ1) is 12.7. The molecule has 2 rings (SSSR count). The fraction of sp³-hybridized carbons (Fsp3) is 0.211. The van der Waals surface area contributed by atoms with Gasteiger partial charge >= 0.3 is 0 Å². The molecule has 0 saturated heterocycles. The van der Waals surface area contributed by atoms with Gasteiger partial charge in [0.15, 0.2) is 0 Å². The largest absolute Gasteiger partial charge is 0.490 e. The van der Waals surface area contributed by atoms with Gasteiger partial charge in [0.2, 0.25) is 15.9 Å². The molecule has 144 valence electrons. The summed E-state index contributed by atoms with van der Waals surface area (Å²) in [5.74, 6) is -0.405. The maximum atomic E-state index is 13.1. The summed E-state index contributed by atoms with van der Waals surface area (Å²) in [5.41, 5.74) is 0.695. The molecule has 2 aromatic carbocycles. The summed E-state index contributed by atoms with van der Waals surface area (Å²) < 4.78 is 43.8. The number of ether oxygens (including phenoxy) is 1. The van der Waals surface area contributed by atoms with Gasteiger partial charge in [-0.05, 0) is 55.5 Å². The third kappa shape index (κ3) is 5.55. The van der Waals surface area contributed by atoms with Gasteiger partial charge in [0.05, 0.1) is 11.9 Å². The van der Waals surface area contributed by atoms with E-state index in [0.29, 0.717) is 18.0 Å². The van der Waals surface area contributed by atoms with Gasteiger partial charge in [0, 0.05) is 5.69 Å². The topological polar surface area (TPSA) is 75.7 Å². The van der Waals surface area contributed by atoms with Gasteiger partial charge in [-0.15, -0.1) is 0 Å². The third-order valence-corrected chi connectivity index (χ3v) is 4.90. The van der Waals surface area contributed by atoms with Crippen LogP contribution in [0.4, 0.5) is 15.8 Å². The van der Waals surface area contributed by atoms with Crippen LogP contribution in [0.5, 0.6) is 5.75 Å². The van der Waals surface area contributed by atoms with E-state index in [1.165, 1.54) is 19.1 Å². The summed E-state index contributed by atoms with van der Waals surface area (Å²) in [6.45, 7) is 5.39. The Labute approximate surface area is 158 Å². The molecule has 0 aromatic heterocycles. The summed E-state index contributed by atoms with van der Waals surface area (Å²) in [6.07, 6.45) is 2.61. The van der Waals surface area contributed by atoms with Gasteiger partial charge in [0.1, 0.15) is 24.2 Å². The minimum Gasteiger partial charge on any atom is -0.490 e. The number of nitrogens with zero attached hydrogens (tertiary/aromatic N) is 1. The predicted octanol–water partition coefficient (Wildman–Crippen LogP) is 3.18. The smallest absolute Gasteiger partial charge is 0.247 e. The number of nitrogens with one attached hydrogen (secondary N) is 1. The molecule has 8 heteroatoms. The van der Waals surface area contributed by atoms with Crippen LogP contribution < -0.4 is 14.4 Å². The van der Waals surface area contributed by atoms with Gasteiger partial charge in [-0.1, -0.05) is 12.7 Å². The molecule has 0 aliphatic rings. The molecule has 0 fully saturated rings. The number of sulfonamides is 1. The summed E-state index contributed by atoms with van der Waals surface area (Å²) in [6, 6.07) is 10.5. The first-order valence-corrected chi connectivity index (χ1v) is 9.97. The zero-order chi connectivity index (χ0) is 20.0. The molecule has 0 aliphatic carbocycles. The Kier molecular flexibility index (Phi) is 6.57. The summed E-state index contributed by atoms with van der Waals surface area (Å²) >= 11 is 0. The Hall–Kier alpha value is -2.87. The van der Waals surface area contributed by atoms with E-state index in [-0.39, 0.29) is 5.69 Å². The minimum atomic E-state index is -3.76. The third-order valence-electron chi connectivity index (χ3n) is 3.66. The standard InChI is InChI=1S/C19H21FN2O4S/c1-4-13-26-18-11-7-16(8-12-18)21-19(23)14(2)22(27(3,24)25)17-9-5-15(20)6-10-17/h4-12,14H,1,13H2,2-3H3,(H,21,23). The van der Waals surface area contributed by atoms with Gasteiger partial charge in [-0.2, -0.15) is 0 Å². The Bertz CT molecular complexity index is 896. The number of carbonyl (C=O) groups excluding carboxylic acids is 1. The van der Waals surface area contributed by atoms with Crippen molar-refractivity contribution in [2.75, 3.05) is 22.5 Å². The molecule has 0 bridgehead atoms. The molecule has 1 atom stereocenters. The van der Waals surface area contributed by atoms with Crippen molar-refractivity contribution in [3.8, 4) is 5.75 Å². The molecule has 0 heterocycles. The highest BCUT2D eigenvalue weighted by molar-refractivity contribution is 7.92. The van der Waals surface area contributed by atoms with E-state index in [1.807, 2.05) is 0 Å². The van der Waals surface area contributed by atoms with Crippen molar-refractivity contribution in [1.82, 2.24) is 0 Å². The van der Waals surface area contributed by atoms with Crippen molar-refractivity contribution < 1.29 is 22.3 Å². The molecule has 2 aromatic rings. The van der Waals surface area contributed by atoms with Gasteiger partial charge < -0.3 is 10.1 Å². The minimum absolute atomic E-state index is 0.203. The molecule has 6 nitrogen and oxygen atoms in total. The van der Waals surface area contributed by atoms with E-state index in [9.17, 15) is 17.6 Å². The van der Waals surface area contributed by atoms with E-state index in [1.54, 1.807) is 30.3 Å². The Morgan fingerprint density at radius 2 is 1.81 bits per heavy atom. The van der Waals surface area contributed by atoms with E-state index in [0.717, 1.165) is 22.7 Å². The number of hydrogen-bond donors (Lipinski definition) is 1. The molecular formula is C19H21FN2O4S. The lowest BCUT2D eigenvalue weighted by atomic mass is 10.2. The number of hydrogen-bond acceptors (Lipinski definition) is 4. The van der Waals surface area contributed by atoms with Gasteiger partial charge in [-0.25, -0.2) is 12.8 Å². The number of carbonyl (C=O) groups is 1. The quantitative estimate of drug-likeness (QED) is 0.700. The summed E-state index contributed by atoms with van der Waals surface area (Å²) in [7, 11) is -3.76. The van der Waals surface area contributed by atoms with Crippen LogP contribution in [0, 0.1) is 5.82 Å². The Balaban J connectivity index is 2.17. The van der Waals surface area contributed by atoms with Crippen LogP contribution in [0.1, 0.15) is 6.92 Å². The number of rotatable bonds is 8. The molecule has 0 spiro atoms. The molecule has 1 unspecified atom stereocenters. The highest BCUT2D eigenvalue weighted by Gasteiger charge is 2.29. The van der Waals surface area contributed by atoms with E-state index in [2.05, 4.69) is 11.9 Å². The molecule has 27 heavy (non-hydrogen) atoms. The molecule has 1 N–H and O–H groups in total. The van der Waals surface area contributed by atoms with Crippen molar-refractivity contribution in [2.24, 2.45) is 0 Å². The van der Waals surface area contributed by atoms with Crippen LogP contribution in [-0.4, -0.2) is 33.2 Å². The van der Waals surface area contributed by atoms with E-state index in [4.69, 9.17) is 4.74 Å². The van der Waals surface area contributed by atoms with Crippen LogP contribution in [0.25, 0.3) is 0 Å². The second kappa shape index (κ2) is 8.68. The lowest BCUT2D eigenvalue weighted by Gasteiger charge is -2.28. The first-order valence-electron chi connectivity index (χ1n) is 8.12. The fourth-order valence-corrected chi connectivity index (χ4v) is 3.61. The van der Waals surface area contributed by atoms with Crippen molar-refractivity contribution in [1.29, 1.82) is 0 Å². The molecule has 1 amide bonds. The molecule has 0 aliphatic heterocycles. The monoisotopic (exact) mass is 392 g/mol. The van der Waals surface area contributed by atoms with Crippen molar-refractivity contribution in [3.63, 3.8) is 0 Å². The normalized spacial score (nSPS) is 12.1. The molecular weight excluding hydrogens is 371 g/mol. The lowest BCUT2D eigenvalue weighted by Crippen LogP contribution is -2.45. The lowest BCUT2D eigenvalue weighted by molar-refractivity contribution is -0.116. The number of benzene rings is 2.